The van der Waals surface area contributed by atoms with Crippen molar-refractivity contribution in [3.63, 3.8) is 0 Å². The van der Waals surface area contributed by atoms with Crippen LogP contribution in [0.4, 0.5) is 23.2 Å². The summed E-state index contributed by atoms with van der Waals surface area (Å²) in [6.45, 7) is 0. The third-order valence-electron chi connectivity index (χ3n) is 6.58. The van der Waals surface area contributed by atoms with Crippen molar-refractivity contribution in [1.29, 1.82) is 0 Å². The fourth-order valence-electron chi connectivity index (χ4n) is 4.60. The van der Waals surface area contributed by atoms with Crippen LogP contribution in [0, 0.1) is 5.82 Å². The van der Waals surface area contributed by atoms with E-state index in [9.17, 15) is 27.5 Å². The number of carbonyl (C=O) groups excluding carboxylic acids is 1. The number of ketones is 1. The van der Waals surface area contributed by atoms with Gasteiger partial charge in [0.2, 0.25) is 11.0 Å². The second-order valence-corrected chi connectivity index (χ2v) is 10.3. The highest BCUT2D eigenvalue weighted by Gasteiger charge is 2.38. The van der Waals surface area contributed by atoms with E-state index in [-0.39, 0.29) is 16.3 Å². The monoisotopic (exact) mass is 623 g/mol. The zero-order chi connectivity index (χ0) is 31.2. The summed E-state index contributed by atoms with van der Waals surface area (Å²) in [5.41, 5.74) is 8.45. The molecule has 0 amide bonds. The van der Waals surface area contributed by atoms with Crippen molar-refractivity contribution in [1.82, 2.24) is 10.3 Å². The van der Waals surface area contributed by atoms with Gasteiger partial charge in [0.1, 0.15) is 27.0 Å². The van der Waals surface area contributed by atoms with Crippen LogP contribution in [-0.2, 0) is 0 Å². The van der Waals surface area contributed by atoms with Crippen molar-refractivity contribution in [2.75, 3.05) is 12.8 Å². The third-order valence-corrected chi connectivity index (χ3v) is 7.68. The Kier molecular flexibility index (Phi) is 7.13. The van der Waals surface area contributed by atoms with Crippen molar-refractivity contribution < 1.29 is 46.1 Å². The number of hydrogen-bond donors (Lipinski definition) is 2. The van der Waals surface area contributed by atoms with E-state index < -0.39 is 35.4 Å². The number of benzene rings is 3. The molecule has 0 aliphatic carbocycles. The van der Waals surface area contributed by atoms with E-state index in [1.807, 2.05) is 0 Å². The van der Waals surface area contributed by atoms with Crippen LogP contribution >= 0.6 is 11.3 Å². The summed E-state index contributed by atoms with van der Waals surface area (Å²) in [7, 11) is 1.54. The maximum absolute atomic E-state index is 14.3. The minimum absolute atomic E-state index is 0.0177. The molecule has 0 aliphatic heterocycles. The summed E-state index contributed by atoms with van der Waals surface area (Å²) >= 11 is 0.938. The van der Waals surface area contributed by atoms with Gasteiger partial charge in [0.15, 0.2) is 0 Å². The van der Waals surface area contributed by atoms with E-state index in [0.717, 1.165) is 33.7 Å². The molecule has 3 aromatic heterocycles. The lowest BCUT2D eigenvalue weighted by atomic mass is 9.99. The van der Waals surface area contributed by atoms with Crippen LogP contribution in [0.15, 0.2) is 83.4 Å². The largest absolute Gasteiger partial charge is 0.573 e. The van der Waals surface area contributed by atoms with E-state index in [1.54, 1.807) is 49.6 Å². The zero-order valence-electron chi connectivity index (χ0n) is 22.4. The van der Waals surface area contributed by atoms with E-state index in [1.165, 1.54) is 24.3 Å². The van der Waals surface area contributed by atoms with Gasteiger partial charge in [0.25, 0.3) is 5.78 Å². The lowest BCUT2D eigenvalue weighted by Gasteiger charge is -2.09. The number of alkyl halides is 3. The number of aromatic hydroxyl groups is 1. The van der Waals surface area contributed by atoms with Crippen LogP contribution in [0.5, 0.6) is 17.4 Å². The molecule has 0 spiro atoms. The summed E-state index contributed by atoms with van der Waals surface area (Å²) in [5.74, 6) is -1.99. The first kappa shape index (κ1) is 28.6. The zero-order valence-corrected chi connectivity index (χ0v) is 23.2. The number of fused-ring (bicyclic) bond motifs is 1. The molecular formula is C30H19F4N4O5S+. The van der Waals surface area contributed by atoms with E-state index >= 15 is 0 Å². The Hall–Kier alpha value is -5.50. The number of pyridine rings is 1. The Bertz CT molecular complexity index is 2020. The van der Waals surface area contributed by atoms with Gasteiger partial charge in [-0.05, 0) is 65.7 Å². The number of nitrogen functional groups attached to an aromatic ring is 1. The molecule has 0 atom stereocenters. The average molecular weight is 624 g/mol. The van der Waals surface area contributed by atoms with Crippen LogP contribution < -0.4 is 19.9 Å². The predicted molar refractivity (Wildman–Crippen MR) is 151 cm³/mol. The first-order valence-electron chi connectivity index (χ1n) is 12.7. The van der Waals surface area contributed by atoms with Crippen LogP contribution in [0.25, 0.3) is 38.3 Å². The second-order valence-electron chi connectivity index (χ2n) is 9.33. The summed E-state index contributed by atoms with van der Waals surface area (Å²) in [4.78, 5) is 18.9. The molecule has 0 saturated heterocycles. The lowest BCUT2D eigenvalue weighted by molar-refractivity contribution is -0.672. The number of ether oxygens (including phenoxy) is 2. The fourth-order valence-corrected chi connectivity index (χ4v) is 5.66. The summed E-state index contributed by atoms with van der Waals surface area (Å²) in [6, 6.07) is 19.1. The van der Waals surface area contributed by atoms with Gasteiger partial charge in [-0.3, -0.25) is 9.32 Å². The lowest BCUT2D eigenvalue weighted by Crippen LogP contribution is -2.38. The topological polar surface area (TPSA) is 125 Å². The molecule has 222 valence electrons. The molecule has 6 aromatic rings. The minimum atomic E-state index is -4.90. The highest BCUT2D eigenvalue weighted by Crippen LogP contribution is 2.42. The van der Waals surface area contributed by atoms with E-state index in [0.29, 0.717) is 32.8 Å². The summed E-state index contributed by atoms with van der Waals surface area (Å²) < 4.78 is 67.0. The molecule has 0 saturated carbocycles. The number of hydrogen-bond acceptors (Lipinski definition) is 9. The highest BCUT2D eigenvalue weighted by atomic mass is 32.1. The van der Waals surface area contributed by atoms with Gasteiger partial charge in [-0.2, -0.15) is 0 Å². The third kappa shape index (κ3) is 5.38. The molecule has 14 heteroatoms. The maximum atomic E-state index is 14.3. The number of thiophene rings is 1. The summed E-state index contributed by atoms with van der Waals surface area (Å²) in [6.07, 6.45) is -4.90. The quantitative estimate of drug-likeness (QED) is 0.118. The average Bonchev–Trinajstić information content (AvgIpc) is 3.55. The minimum Gasteiger partial charge on any atom is -0.497 e. The fraction of sp³-hybridized carbons (Fsp3) is 0.0667. The van der Waals surface area contributed by atoms with Gasteiger partial charge in [-0.1, -0.05) is 12.1 Å². The van der Waals surface area contributed by atoms with Gasteiger partial charge in [-0.15, -0.1) is 24.5 Å². The molecule has 3 heterocycles. The van der Waals surface area contributed by atoms with Crippen molar-refractivity contribution in [2.45, 2.75) is 6.36 Å². The van der Waals surface area contributed by atoms with Gasteiger partial charge >= 0.3 is 18.0 Å². The van der Waals surface area contributed by atoms with Crippen LogP contribution in [0.1, 0.15) is 15.4 Å². The van der Waals surface area contributed by atoms with Crippen LogP contribution in [0.3, 0.4) is 0 Å². The maximum Gasteiger partial charge on any atom is 0.573 e. The second kappa shape index (κ2) is 11.0. The number of carbonyl (C=O) groups is 1. The molecule has 9 nitrogen and oxygen atoms in total. The Labute approximate surface area is 249 Å². The highest BCUT2D eigenvalue weighted by molar-refractivity contribution is 7.21. The molecule has 0 fully saturated rings. The van der Waals surface area contributed by atoms with Crippen molar-refractivity contribution in [3.8, 4) is 45.5 Å². The SMILES string of the molecule is COc1ccc(-c2cc(-c3cccc(F)c3)c3c(N)c(C(=O)c4c(O)on[n+]4-c4ccc(OC(F)(F)F)cc4)sc3n2)cc1. The molecule has 3 aromatic carbocycles. The number of nitrogens with two attached hydrogens (primary N) is 1. The Morgan fingerprint density at radius 3 is 2.36 bits per heavy atom. The van der Waals surface area contributed by atoms with Gasteiger partial charge in [-0.25, -0.2) is 9.37 Å². The number of aromatic nitrogens is 3. The summed E-state index contributed by atoms with van der Waals surface area (Å²) in [5, 5.41) is 14.5. The molecule has 3 N–H and O–H groups in total. The number of nitrogens with zero attached hydrogens (tertiary/aromatic N) is 3. The van der Waals surface area contributed by atoms with E-state index in [2.05, 4.69) is 10.0 Å². The molecule has 0 unspecified atom stereocenters. The van der Waals surface area contributed by atoms with E-state index in [4.69, 9.17) is 20.0 Å². The van der Waals surface area contributed by atoms with Gasteiger partial charge < -0.3 is 20.3 Å². The van der Waals surface area contributed by atoms with Crippen LogP contribution in [0.2, 0.25) is 0 Å². The van der Waals surface area contributed by atoms with Crippen molar-refractivity contribution in [2.24, 2.45) is 0 Å². The number of halogens is 4. The standard InChI is InChI=1S/C30H18F4N4O5S/c1-41-19-9-5-15(6-10-19)22-14-21(16-3-2-4-17(31)13-16)23-24(35)27(44-28(23)36-22)26(39)25-29(40)43-37-38(25)18-7-11-20(12-8-18)42-30(32,33)34/h2-14H,1H3,(H2-,35,37,39,40)/p+1. The molecule has 6 rings (SSSR count). The van der Waals surface area contributed by atoms with Crippen LogP contribution in [-0.4, -0.2) is 34.6 Å². The Morgan fingerprint density at radius 2 is 1.70 bits per heavy atom. The van der Waals surface area contributed by atoms with Crippen molar-refractivity contribution >= 4 is 33.0 Å². The first-order chi connectivity index (χ1) is 21.0. The molecule has 0 radical (unpaired) electrons. The van der Waals surface area contributed by atoms with Crippen molar-refractivity contribution in [3.05, 3.63) is 95.3 Å². The normalized spacial score (nSPS) is 11.6. The molecular weight excluding hydrogens is 604 g/mol. The smallest absolute Gasteiger partial charge is 0.497 e. The predicted octanol–water partition coefficient (Wildman–Crippen LogP) is 6.46. The van der Waals surface area contributed by atoms with Gasteiger partial charge in [0, 0.05) is 27.8 Å². The Balaban J connectivity index is 1.48. The molecule has 44 heavy (non-hydrogen) atoms. The number of anilines is 1. The molecule has 0 bridgehead atoms. The number of methoxy groups -OCH3 is 1. The first-order valence-corrected chi connectivity index (χ1v) is 13.5. The Morgan fingerprint density at radius 1 is 1.00 bits per heavy atom. The molecule has 0 aliphatic rings. The number of rotatable bonds is 7. The van der Waals surface area contributed by atoms with Gasteiger partial charge in [0.05, 0.1) is 18.5 Å².